The first-order valence-corrected chi connectivity index (χ1v) is 9.10. The number of benzene rings is 2. The van der Waals surface area contributed by atoms with Crippen molar-refractivity contribution in [2.24, 2.45) is 5.92 Å². The molecule has 0 saturated carbocycles. The lowest BCUT2D eigenvalue weighted by molar-refractivity contribution is -0.137. The van der Waals surface area contributed by atoms with Gasteiger partial charge in [-0.3, -0.25) is 9.59 Å². The van der Waals surface area contributed by atoms with E-state index in [4.69, 9.17) is 23.2 Å². The molecule has 1 aliphatic heterocycles. The number of hydrogen-bond donors (Lipinski definition) is 2. The minimum atomic E-state index is -4.64. The van der Waals surface area contributed by atoms with E-state index in [-0.39, 0.29) is 24.4 Å². The van der Waals surface area contributed by atoms with Gasteiger partial charge in [0.05, 0.1) is 22.5 Å². The third-order valence-corrected chi connectivity index (χ3v) is 5.05. The number of amides is 2. The molecule has 2 aromatic carbocycles. The van der Waals surface area contributed by atoms with Crippen LogP contribution in [0, 0.1) is 5.92 Å². The highest BCUT2D eigenvalue weighted by Crippen LogP contribution is 2.37. The molecular weight excluding hydrogens is 416 g/mol. The van der Waals surface area contributed by atoms with Crippen molar-refractivity contribution in [2.75, 3.05) is 6.54 Å². The lowest BCUT2D eigenvalue weighted by Crippen LogP contribution is -2.35. The second-order valence-corrected chi connectivity index (χ2v) is 7.28. The molecule has 1 heterocycles. The van der Waals surface area contributed by atoms with Crippen LogP contribution in [0.1, 0.15) is 29.2 Å². The first-order chi connectivity index (χ1) is 13.1. The maximum absolute atomic E-state index is 13.3. The van der Waals surface area contributed by atoms with E-state index in [1.807, 2.05) is 0 Å². The van der Waals surface area contributed by atoms with Crippen molar-refractivity contribution >= 4 is 35.0 Å². The van der Waals surface area contributed by atoms with Crippen LogP contribution >= 0.6 is 23.2 Å². The fraction of sp³-hybridized carbons (Fsp3) is 0.263. The van der Waals surface area contributed by atoms with Gasteiger partial charge in [-0.15, -0.1) is 0 Å². The van der Waals surface area contributed by atoms with Gasteiger partial charge in [0.25, 0.3) is 0 Å². The van der Waals surface area contributed by atoms with Gasteiger partial charge in [-0.25, -0.2) is 0 Å². The van der Waals surface area contributed by atoms with Crippen LogP contribution in [0.2, 0.25) is 10.0 Å². The number of carbonyl (C=O) groups is 2. The molecule has 28 heavy (non-hydrogen) atoms. The van der Waals surface area contributed by atoms with Crippen LogP contribution in [0.5, 0.6) is 0 Å². The second-order valence-electron chi connectivity index (χ2n) is 6.44. The Labute approximate surface area is 169 Å². The summed E-state index contributed by atoms with van der Waals surface area (Å²) < 4.78 is 39.8. The van der Waals surface area contributed by atoms with Crippen molar-refractivity contribution in [3.63, 3.8) is 0 Å². The van der Waals surface area contributed by atoms with E-state index in [0.717, 1.165) is 12.1 Å². The van der Waals surface area contributed by atoms with E-state index >= 15 is 0 Å². The quantitative estimate of drug-likeness (QED) is 0.757. The van der Waals surface area contributed by atoms with Crippen LogP contribution in [0.3, 0.4) is 0 Å². The number of carbonyl (C=O) groups excluding carboxylic acids is 2. The Morgan fingerprint density at radius 1 is 1.11 bits per heavy atom. The third-order valence-electron chi connectivity index (χ3n) is 4.47. The summed E-state index contributed by atoms with van der Waals surface area (Å²) in [6.07, 6.45) is -4.60. The highest BCUT2D eigenvalue weighted by molar-refractivity contribution is 6.31. The number of rotatable bonds is 4. The summed E-state index contributed by atoms with van der Waals surface area (Å²) in [6, 6.07) is 9.03. The molecule has 1 aliphatic rings. The molecule has 0 bridgehead atoms. The van der Waals surface area contributed by atoms with Crippen molar-refractivity contribution in [1.29, 1.82) is 0 Å². The van der Waals surface area contributed by atoms with E-state index in [2.05, 4.69) is 10.6 Å². The van der Waals surface area contributed by atoms with Crippen LogP contribution in [0.25, 0.3) is 0 Å². The van der Waals surface area contributed by atoms with Gasteiger partial charge in [-0.2, -0.15) is 13.2 Å². The van der Waals surface area contributed by atoms with Crippen LogP contribution in [0.15, 0.2) is 42.5 Å². The summed E-state index contributed by atoms with van der Waals surface area (Å²) in [4.78, 5) is 24.0. The van der Waals surface area contributed by atoms with Gasteiger partial charge >= 0.3 is 6.18 Å². The highest BCUT2D eigenvalue weighted by Gasteiger charge is 2.35. The summed E-state index contributed by atoms with van der Waals surface area (Å²) in [6.45, 7) is 0.187. The van der Waals surface area contributed by atoms with Gasteiger partial charge in [0.1, 0.15) is 0 Å². The normalized spacial score (nSPS) is 17.9. The Bertz CT molecular complexity index is 901. The lowest BCUT2D eigenvalue weighted by atomic mass is 9.95. The molecule has 0 aromatic heterocycles. The molecular formula is C19H15Cl2F3N2O2. The first-order valence-electron chi connectivity index (χ1n) is 8.34. The zero-order valence-electron chi connectivity index (χ0n) is 14.3. The van der Waals surface area contributed by atoms with Crippen LogP contribution < -0.4 is 10.6 Å². The smallest absolute Gasteiger partial charge is 0.355 e. The van der Waals surface area contributed by atoms with E-state index in [9.17, 15) is 22.8 Å². The molecule has 0 unspecified atom stereocenters. The van der Waals surface area contributed by atoms with E-state index in [1.54, 1.807) is 24.3 Å². The number of hydrogen-bond acceptors (Lipinski definition) is 2. The van der Waals surface area contributed by atoms with Crippen LogP contribution in [-0.4, -0.2) is 18.4 Å². The maximum atomic E-state index is 13.3. The average molecular weight is 431 g/mol. The van der Waals surface area contributed by atoms with Gasteiger partial charge < -0.3 is 10.6 Å². The molecule has 2 aromatic rings. The van der Waals surface area contributed by atoms with Crippen molar-refractivity contribution < 1.29 is 22.8 Å². The molecule has 2 N–H and O–H groups in total. The number of alkyl halides is 3. The SMILES string of the molecule is O=C1C[C@H](C(=O)N[C@H](c2ccc(Cl)cc2)c2ccc(Cl)c(C(F)(F)F)c2)CN1. The predicted octanol–water partition coefficient (Wildman–Crippen LogP) is 4.35. The molecule has 4 nitrogen and oxygen atoms in total. The monoisotopic (exact) mass is 430 g/mol. The summed E-state index contributed by atoms with van der Waals surface area (Å²) in [5.74, 6) is -1.26. The van der Waals surface area contributed by atoms with Gasteiger partial charge in [0, 0.05) is 18.0 Å². The number of halogens is 5. The Hall–Kier alpha value is -2.25. The van der Waals surface area contributed by atoms with E-state index in [1.165, 1.54) is 6.07 Å². The molecule has 0 radical (unpaired) electrons. The third kappa shape index (κ3) is 4.59. The standard InChI is InChI=1S/C19H15Cl2F3N2O2/c20-13-4-1-10(2-5-13)17(26-18(28)12-8-16(27)25-9-12)11-3-6-15(21)14(7-11)19(22,23)24/h1-7,12,17H,8-9H2,(H,25,27)(H,26,28)/t12-,17+/m0/s1. The van der Waals surface area contributed by atoms with E-state index < -0.39 is 34.6 Å². The highest BCUT2D eigenvalue weighted by atomic mass is 35.5. The first kappa shape index (κ1) is 20.5. The second kappa shape index (κ2) is 8.01. The van der Waals surface area contributed by atoms with E-state index in [0.29, 0.717) is 10.6 Å². The van der Waals surface area contributed by atoms with Crippen molar-refractivity contribution in [1.82, 2.24) is 10.6 Å². The minimum absolute atomic E-state index is 0.0353. The number of nitrogens with one attached hydrogen (secondary N) is 2. The lowest BCUT2D eigenvalue weighted by Gasteiger charge is -2.23. The molecule has 3 rings (SSSR count). The Morgan fingerprint density at radius 3 is 2.32 bits per heavy atom. The minimum Gasteiger partial charge on any atom is -0.355 e. The van der Waals surface area contributed by atoms with Gasteiger partial charge in [-0.05, 0) is 35.4 Å². The predicted molar refractivity (Wildman–Crippen MR) is 99.0 cm³/mol. The zero-order valence-corrected chi connectivity index (χ0v) is 15.8. The van der Waals surface area contributed by atoms with Crippen LogP contribution in [0.4, 0.5) is 13.2 Å². The molecule has 2 atom stereocenters. The maximum Gasteiger partial charge on any atom is 0.417 e. The van der Waals surface area contributed by atoms with Gasteiger partial charge in [0.2, 0.25) is 11.8 Å². The van der Waals surface area contributed by atoms with Gasteiger partial charge in [-0.1, -0.05) is 41.4 Å². The molecule has 1 fully saturated rings. The Kier molecular flexibility index (Phi) is 5.86. The van der Waals surface area contributed by atoms with Crippen LogP contribution in [-0.2, 0) is 15.8 Å². The van der Waals surface area contributed by atoms with Crippen molar-refractivity contribution in [2.45, 2.75) is 18.6 Å². The molecule has 1 saturated heterocycles. The summed E-state index contributed by atoms with van der Waals surface area (Å²) in [5.41, 5.74) is -0.229. The zero-order chi connectivity index (χ0) is 20.5. The fourth-order valence-corrected chi connectivity index (χ4v) is 3.36. The van der Waals surface area contributed by atoms with Crippen molar-refractivity contribution in [3.05, 3.63) is 69.2 Å². The Morgan fingerprint density at radius 2 is 1.75 bits per heavy atom. The molecule has 2 amide bonds. The van der Waals surface area contributed by atoms with Gasteiger partial charge in [0.15, 0.2) is 0 Å². The average Bonchev–Trinajstić information content (AvgIpc) is 3.07. The summed E-state index contributed by atoms with van der Waals surface area (Å²) >= 11 is 11.6. The molecule has 148 valence electrons. The molecule has 0 spiro atoms. The van der Waals surface area contributed by atoms with Crippen molar-refractivity contribution in [3.8, 4) is 0 Å². The topological polar surface area (TPSA) is 58.2 Å². The fourth-order valence-electron chi connectivity index (χ4n) is 3.00. The molecule has 0 aliphatic carbocycles. The summed E-state index contributed by atoms with van der Waals surface area (Å²) in [7, 11) is 0. The molecule has 9 heteroatoms. The summed E-state index contributed by atoms with van der Waals surface area (Å²) in [5, 5.41) is 5.33. The Balaban J connectivity index is 1.98. The largest absolute Gasteiger partial charge is 0.417 e.